The molecule has 0 aliphatic rings. The Labute approximate surface area is 118 Å². The first-order valence-electron chi connectivity index (χ1n) is 6.48. The van der Waals surface area contributed by atoms with E-state index in [0.717, 1.165) is 33.5 Å². The van der Waals surface area contributed by atoms with Crippen LogP contribution < -0.4 is 4.74 Å². The van der Waals surface area contributed by atoms with E-state index in [2.05, 4.69) is 11.6 Å². The van der Waals surface area contributed by atoms with E-state index in [1.54, 1.807) is 7.11 Å². The van der Waals surface area contributed by atoms with Crippen LogP contribution in [0.4, 0.5) is 0 Å². The van der Waals surface area contributed by atoms with Crippen molar-refractivity contribution < 1.29 is 4.74 Å². The maximum absolute atomic E-state index is 5.47. The average Bonchev–Trinajstić information content (AvgIpc) is 2.54. The minimum absolute atomic E-state index is 0.822. The highest BCUT2D eigenvalue weighted by molar-refractivity contribution is 5.88. The molecule has 0 amide bonds. The summed E-state index contributed by atoms with van der Waals surface area (Å²) in [5.41, 5.74) is 3.72. The molecule has 0 spiro atoms. The summed E-state index contributed by atoms with van der Waals surface area (Å²) >= 11 is 0. The number of nitrogens with zero attached hydrogens (tertiary/aromatic N) is 1. The second kappa shape index (κ2) is 5.17. The van der Waals surface area contributed by atoms with E-state index in [4.69, 9.17) is 4.74 Å². The Morgan fingerprint density at radius 2 is 1.70 bits per heavy atom. The number of pyridine rings is 1. The third-order valence-corrected chi connectivity index (χ3v) is 3.33. The molecule has 20 heavy (non-hydrogen) atoms. The molecule has 3 aromatic rings. The van der Waals surface area contributed by atoms with Crippen molar-refractivity contribution in [2.24, 2.45) is 0 Å². The summed E-state index contributed by atoms with van der Waals surface area (Å²) < 4.78 is 5.47. The summed E-state index contributed by atoms with van der Waals surface area (Å²) in [6, 6.07) is 20.0. The van der Waals surface area contributed by atoms with Gasteiger partial charge < -0.3 is 4.74 Å². The van der Waals surface area contributed by atoms with Crippen molar-refractivity contribution in [3.63, 3.8) is 0 Å². The fraction of sp³-hybridized carbons (Fsp3) is 0.0556. The molecular formula is C18H15NO. The summed E-state index contributed by atoms with van der Waals surface area (Å²) in [7, 11) is 1.68. The minimum Gasteiger partial charge on any atom is -0.496 e. The highest BCUT2D eigenvalue weighted by Crippen LogP contribution is 2.29. The number of hydrogen-bond acceptors (Lipinski definition) is 2. The summed E-state index contributed by atoms with van der Waals surface area (Å²) in [6.45, 7) is 4.16. The molecule has 2 heteroatoms. The number of ether oxygens (including phenoxy) is 1. The molecule has 2 aromatic carbocycles. The summed E-state index contributed by atoms with van der Waals surface area (Å²) in [6.07, 6.45) is 0. The molecule has 1 heterocycles. The highest BCUT2D eigenvalue weighted by atomic mass is 16.5. The zero-order chi connectivity index (χ0) is 13.9. The van der Waals surface area contributed by atoms with Crippen LogP contribution in [0.5, 0.6) is 5.75 Å². The predicted molar refractivity (Wildman–Crippen MR) is 82.9 cm³/mol. The predicted octanol–water partition coefficient (Wildman–Crippen LogP) is 4.30. The molecule has 0 aliphatic carbocycles. The van der Waals surface area contributed by atoms with Crippen molar-refractivity contribution in [3.8, 4) is 5.75 Å². The van der Waals surface area contributed by atoms with E-state index in [1.165, 1.54) is 0 Å². The smallest absolute Gasteiger partial charge is 0.130 e. The SMILES string of the molecule is C=C(c1ccccc1)c1cc(OC)c2ccccc2n1. The topological polar surface area (TPSA) is 22.1 Å². The van der Waals surface area contributed by atoms with E-state index in [-0.39, 0.29) is 0 Å². The Hall–Kier alpha value is -2.61. The molecule has 98 valence electrons. The Kier molecular flexibility index (Phi) is 3.21. The van der Waals surface area contributed by atoms with E-state index < -0.39 is 0 Å². The minimum atomic E-state index is 0.822. The third-order valence-electron chi connectivity index (χ3n) is 3.33. The maximum Gasteiger partial charge on any atom is 0.130 e. The first-order valence-corrected chi connectivity index (χ1v) is 6.48. The lowest BCUT2D eigenvalue weighted by Crippen LogP contribution is -1.94. The molecule has 0 unspecified atom stereocenters. The van der Waals surface area contributed by atoms with Crippen LogP contribution in [0.2, 0.25) is 0 Å². The van der Waals surface area contributed by atoms with Crippen molar-refractivity contribution in [1.82, 2.24) is 4.98 Å². The molecule has 0 saturated heterocycles. The van der Waals surface area contributed by atoms with E-state index >= 15 is 0 Å². The quantitative estimate of drug-likeness (QED) is 0.701. The van der Waals surface area contributed by atoms with Gasteiger partial charge in [0.25, 0.3) is 0 Å². The zero-order valence-corrected chi connectivity index (χ0v) is 11.3. The largest absolute Gasteiger partial charge is 0.496 e. The number of fused-ring (bicyclic) bond motifs is 1. The van der Waals surface area contributed by atoms with Crippen LogP contribution in [0.15, 0.2) is 67.2 Å². The van der Waals surface area contributed by atoms with Gasteiger partial charge in [0, 0.05) is 17.0 Å². The van der Waals surface area contributed by atoms with Crippen molar-refractivity contribution in [2.75, 3.05) is 7.11 Å². The van der Waals surface area contributed by atoms with Gasteiger partial charge in [-0.2, -0.15) is 0 Å². The van der Waals surface area contributed by atoms with Crippen LogP contribution in [0.3, 0.4) is 0 Å². The standard InChI is InChI=1S/C18H15NO/c1-13(14-8-4-3-5-9-14)17-12-18(20-2)15-10-6-7-11-16(15)19-17/h3-12H,1H2,2H3. The van der Waals surface area contributed by atoms with Crippen molar-refractivity contribution >= 4 is 16.5 Å². The summed E-state index contributed by atoms with van der Waals surface area (Å²) in [4.78, 5) is 4.68. The van der Waals surface area contributed by atoms with Gasteiger partial charge in [0.05, 0.1) is 18.3 Å². The van der Waals surface area contributed by atoms with E-state index in [0.29, 0.717) is 0 Å². The molecule has 3 rings (SSSR count). The van der Waals surface area contributed by atoms with Crippen LogP contribution in [-0.2, 0) is 0 Å². The molecule has 0 bridgehead atoms. The zero-order valence-electron chi connectivity index (χ0n) is 11.3. The van der Waals surface area contributed by atoms with E-state index in [9.17, 15) is 0 Å². The van der Waals surface area contributed by atoms with Crippen molar-refractivity contribution in [3.05, 3.63) is 78.5 Å². The molecule has 2 nitrogen and oxygen atoms in total. The van der Waals surface area contributed by atoms with Crippen LogP contribution in [0.1, 0.15) is 11.3 Å². The second-order valence-electron chi connectivity index (χ2n) is 4.57. The first-order chi connectivity index (χ1) is 9.79. The fourth-order valence-electron chi connectivity index (χ4n) is 2.25. The number of para-hydroxylation sites is 1. The van der Waals surface area contributed by atoms with Crippen LogP contribution in [0, 0.1) is 0 Å². The van der Waals surface area contributed by atoms with Crippen molar-refractivity contribution in [1.29, 1.82) is 0 Å². The van der Waals surface area contributed by atoms with Crippen molar-refractivity contribution in [2.45, 2.75) is 0 Å². The maximum atomic E-state index is 5.47. The monoisotopic (exact) mass is 261 g/mol. The first kappa shape index (κ1) is 12.4. The molecule has 0 atom stereocenters. The Morgan fingerprint density at radius 3 is 2.45 bits per heavy atom. The lowest BCUT2D eigenvalue weighted by atomic mass is 10.0. The number of benzene rings is 2. The number of aromatic nitrogens is 1. The molecule has 1 aromatic heterocycles. The lowest BCUT2D eigenvalue weighted by molar-refractivity contribution is 0.419. The highest BCUT2D eigenvalue weighted by Gasteiger charge is 2.09. The summed E-state index contributed by atoms with van der Waals surface area (Å²) in [5, 5.41) is 1.01. The van der Waals surface area contributed by atoms with Crippen LogP contribution >= 0.6 is 0 Å². The number of rotatable bonds is 3. The number of hydrogen-bond donors (Lipinski definition) is 0. The van der Waals surface area contributed by atoms with Crippen LogP contribution in [-0.4, -0.2) is 12.1 Å². The van der Waals surface area contributed by atoms with Gasteiger partial charge >= 0.3 is 0 Å². The Balaban J connectivity index is 2.15. The van der Waals surface area contributed by atoms with E-state index in [1.807, 2.05) is 60.7 Å². The van der Waals surface area contributed by atoms with Gasteiger partial charge in [-0.3, -0.25) is 0 Å². The molecule has 0 radical (unpaired) electrons. The summed E-state index contributed by atoms with van der Waals surface area (Å²) in [5.74, 6) is 0.822. The average molecular weight is 261 g/mol. The van der Waals surface area contributed by atoms with Gasteiger partial charge in [-0.25, -0.2) is 4.98 Å². The molecule has 0 fully saturated rings. The molecule has 0 saturated carbocycles. The molecule has 0 N–H and O–H groups in total. The second-order valence-corrected chi connectivity index (χ2v) is 4.57. The molecular weight excluding hydrogens is 246 g/mol. The van der Waals surface area contributed by atoms with Gasteiger partial charge in [0.2, 0.25) is 0 Å². The van der Waals surface area contributed by atoms with Gasteiger partial charge in [-0.1, -0.05) is 49.0 Å². The van der Waals surface area contributed by atoms with Crippen LogP contribution in [0.25, 0.3) is 16.5 Å². The lowest BCUT2D eigenvalue weighted by Gasteiger charge is -2.10. The third kappa shape index (κ3) is 2.16. The Bertz CT molecular complexity index is 763. The molecule has 0 aliphatic heterocycles. The van der Waals surface area contributed by atoms with Gasteiger partial charge in [-0.15, -0.1) is 0 Å². The van der Waals surface area contributed by atoms with Gasteiger partial charge in [0.15, 0.2) is 0 Å². The normalized spacial score (nSPS) is 10.4. The van der Waals surface area contributed by atoms with Gasteiger partial charge in [0.1, 0.15) is 5.75 Å². The fourth-order valence-corrected chi connectivity index (χ4v) is 2.25. The number of methoxy groups -OCH3 is 1. The van der Waals surface area contributed by atoms with Gasteiger partial charge in [-0.05, 0) is 17.7 Å². The Morgan fingerprint density at radius 1 is 1.00 bits per heavy atom.